The number of hydrogen-bond acceptors (Lipinski definition) is 13. The standard InChI is InChI=1S/C36H44N4O6S2.C34H42N6.2C3H7.2ClH.2Co.H3N.H2O/c1-9-25-21(3)29-17-30-23(5)27(13-11-15-45-47(7,41)42)35(39-30)20-36-28(14-12-16-46-48(8,43)44)24(6)32(40-36)19-34-26(10-2)22(4)31(38-34)18-33(25)37-29;1-7-23-19(3)27-15-28-21(5)25(11-9-13-35)33(39-28)18-34-26(12-10-14-36)22(6)30(40-34)17-32-24(8-2)20(4)29(38-32)16-31(23)37-27;2*1-3-2;;;;;;/h17-20H,9-16H2,1-8H3;15-18H,7-14,35-36H2,1-6H3;2*3H,1-2H3;2*1H;;;1H3;1H2/q2*-2;2*+1;;;2*+2;;/p-2. The fourth-order valence-electron chi connectivity index (χ4n) is 12.7. The first-order valence-electron chi connectivity index (χ1n) is 33.4. The molecule has 0 aliphatic carbocycles. The topological polar surface area (TPSA) is 313 Å². The average Bonchev–Trinajstić information content (AvgIpc) is 1.63. The third-order valence-electron chi connectivity index (χ3n) is 17.7. The van der Waals surface area contributed by atoms with Gasteiger partial charge >= 0.3 is 33.6 Å². The number of aromatic nitrogens is 8. The number of hydrogen-bond donors (Lipinski definition) is 3. The van der Waals surface area contributed by atoms with Crippen molar-refractivity contribution in [2.45, 2.75) is 188 Å². The molecule has 0 saturated heterocycles. The van der Waals surface area contributed by atoms with Crippen LogP contribution in [0.25, 0.3) is 88.7 Å². The molecule has 9 N–H and O–H groups in total. The molecule has 0 amide bonds. The van der Waals surface area contributed by atoms with E-state index >= 15 is 0 Å². The van der Waals surface area contributed by atoms with Gasteiger partial charge in [0.2, 0.25) is 0 Å². The van der Waals surface area contributed by atoms with Crippen molar-refractivity contribution in [2.75, 3.05) is 38.8 Å². The van der Waals surface area contributed by atoms with Gasteiger partial charge in [-0.25, -0.2) is 19.9 Å². The van der Waals surface area contributed by atoms with Gasteiger partial charge < -0.3 is 67.8 Å². The van der Waals surface area contributed by atoms with Crippen LogP contribution in [0.5, 0.6) is 0 Å². The zero-order valence-corrected chi connectivity index (χ0v) is 66.9. The number of nitrogens with zero attached hydrogens (tertiary/aromatic N) is 8. The van der Waals surface area contributed by atoms with E-state index < -0.39 is 20.2 Å². The van der Waals surface area contributed by atoms with E-state index in [1.54, 1.807) is 0 Å². The number of fused-ring (bicyclic) bond motifs is 16. The molecular formula is C76H105Cl2Co2N11O7S2. The Balaban J connectivity index is 0.000000887. The third-order valence-corrected chi connectivity index (χ3v) is 18.9. The van der Waals surface area contributed by atoms with Gasteiger partial charge in [0.25, 0.3) is 20.2 Å². The molecule has 0 aromatic carbocycles. The normalized spacial score (nSPS) is 12.4. The number of nitrogens with two attached hydrogens (primary N) is 2. The summed E-state index contributed by atoms with van der Waals surface area (Å²) in [4.78, 5) is 41.0. The van der Waals surface area contributed by atoms with E-state index in [1.807, 2.05) is 72.6 Å². The maximum atomic E-state index is 11.6. The Bertz CT molecular complexity index is 4530. The van der Waals surface area contributed by atoms with Gasteiger partial charge in [-0.1, -0.05) is 121 Å². The summed E-state index contributed by atoms with van der Waals surface area (Å²) in [6, 6.07) is 16.8. The molecule has 4 aliphatic rings. The molecule has 0 fully saturated rings. The summed E-state index contributed by atoms with van der Waals surface area (Å²) >= 11 is 0. The van der Waals surface area contributed by atoms with E-state index in [2.05, 4.69) is 99.6 Å². The maximum absolute atomic E-state index is 11.6. The first-order valence-corrected chi connectivity index (χ1v) is 37.0. The van der Waals surface area contributed by atoms with Crippen LogP contribution in [-0.2, 0) is 87.8 Å². The number of aryl methyl sites for hydroxylation is 8. The van der Waals surface area contributed by atoms with Gasteiger partial charge in [0.1, 0.15) is 0 Å². The quantitative estimate of drug-likeness (QED) is 0.0364. The largest absolute Gasteiger partial charge is 2.00 e. The fourth-order valence-corrected chi connectivity index (χ4v) is 13.5. The minimum Gasteiger partial charge on any atom is -1.00 e. The number of halogens is 2. The van der Waals surface area contributed by atoms with Gasteiger partial charge in [0, 0.05) is 0 Å². The third kappa shape index (κ3) is 22.1. The first kappa shape index (κ1) is 92.2. The van der Waals surface area contributed by atoms with Crippen LogP contribution in [-0.4, -0.2) is 81.1 Å². The van der Waals surface area contributed by atoms with Crippen molar-refractivity contribution in [3.05, 3.63) is 151 Å². The fraction of sp³-hybridized carbons (Fsp3) is 0.447. The molecule has 2 radical (unpaired) electrons. The maximum Gasteiger partial charge on any atom is 2.00 e. The van der Waals surface area contributed by atoms with E-state index in [1.165, 1.54) is 50.1 Å². The van der Waals surface area contributed by atoms with Crippen molar-refractivity contribution < 1.29 is 89.0 Å². The van der Waals surface area contributed by atoms with E-state index in [9.17, 15) is 16.8 Å². The summed E-state index contributed by atoms with van der Waals surface area (Å²) in [5.41, 5.74) is 44.7. The smallest absolute Gasteiger partial charge is 1.00 e. The Labute approximate surface area is 629 Å². The van der Waals surface area contributed by atoms with Crippen LogP contribution in [0, 0.1) is 40.5 Å². The predicted octanol–water partition coefficient (Wildman–Crippen LogP) is 9.14. The summed E-state index contributed by atoms with van der Waals surface area (Å²) in [5.74, 6) is 0. The minimum atomic E-state index is -3.55. The molecule has 6 aromatic rings. The van der Waals surface area contributed by atoms with Crippen molar-refractivity contribution in [2.24, 2.45) is 11.5 Å². The van der Waals surface area contributed by atoms with Crippen LogP contribution >= 0.6 is 0 Å². The minimum absolute atomic E-state index is 0. The van der Waals surface area contributed by atoms with Crippen molar-refractivity contribution in [1.82, 2.24) is 46.0 Å². The summed E-state index contributed by atoms with van der Waals surface area (Å²) in [7, 11) is -7.11. The summed E-state index contributed by atoms with van der Waals surface area (Å²) in [5, 5.41) is 0. The van der Waals surface area contributed by atoms with Gasteiger partial charge in [-0.15, -0.1) is 44.1 Å². The van der Waals surface area contributed by atoms with Crippen molar-refractivity contribution in [1.29, 1.82) is 0 Å². The number of rotatable bonds is 20. The second-order valence-electron chi connectivity index (χ2n) is 24.7. The Morgan fingerprint density at radius 1 is 0.380 bits per heavy atom. The molecule has 10 rings (SSSR count). The van der Waals surface area contributed by atoms with E-state index in [0.717, 1.165) is 193 Å². The molecule has 0 unspecified atom stereocenters. The molecular weight excluding hydrogens is 1430 g/mol. The van der Waals surface area contributed by atoms with Crippen LogP contribution in [0.4, 0.5) is 0 Å². The van der Waals surface area contributed by atoms with Gasteiger partial charge in [-0.2, -0.15) is 16.8 Å². The second kappa shape index (κ2) is 41.5. The van der Waals surface area contributed by atoms with Crippen LogP contribution < -0.4 is 62.4 Å². The Hall–Kier alpha value is -5.81. The van der Waals surface area contributed by atoms with Gasteiger partial charge in [0.05, 0.1) is 112 Å². The monoisotopic (exact) mass is 1540 g/mol. The molecule has 16 bridgehead atoms. The molecule has 0 spiro atoms. The molecule has 6 aromatic heterocycles. The average molecular weight is 1540 g/mol. The van der Waals surface area contributed by atoms with Crippen LogP contribution in [0.3, 0.4) is 0 Å². The molecule has 0 atom stereocenters. The zero-order chi connectivity index (χ0) is 68.9. The molecule has 0 saturated carbocycles. The Morgan fingerprint density at radius 2 is 0.610 bits per heavy atom. The summed E-state index contributed by atoms with van der Waals surface area (Å²) < 4.78 is 56.5. The van der Waals surface area contributed by atoms with Crippen LogP contribution in [0.2, 0.25) is 0 Å². The molecule has 100 heavy (non-hydrogen) atoms. The van der Waals surface area contributed by atoms with Gasteiger partial charge in [-0.3, -0.25) is 8.37 Å². The Morgan fingerprint density at radius 3 is 0.910 bits per heavy atom. The Kier molecular flexibility index (Phi) is 38.2. The van der Waals surface area contributed by atoms with E-state index in [-0.39, 0.29) is 83.2 Å². The predicted molar refractivity (Wildman–Crippen MR) is 401 cm³/mol. The zero-order valence-electron chi connectivity index (χ0n) is 61.7. The van der Waals surface area contributed by atoms with Gasteiger partial charge in [0.15, 0.2) is 0 Å². The summed E-state index contributed by atoms with van der Waals surface area (Å²) in [6.07, 6.45) is 15.2. The molecule has 4 aliphatic heterocycles. The van der Waals surface area contributed by atoms with Gasteiger partial charge in [-0.05, 0) is 190 Å². The van der Waals surface area contributed by atoms with Crippen LogP contribution in [0.1, 0.15) is 225 Å². The van der Waals surface area contributed by atoms with Crippen LogP contribution in [0.15, 0.2) is 48.5 Å². The van der Waals surface area contributed by atoms with E-state index in [0.29, 0.717) is 38.8 Å². The van der Waals surface area contributed by atoms with Crippen molar-refractivity contribution in [3.8, 4) is 0 Å². The second-order valence-corrected chi connectivity index (χ2v) is 27.9. The first-order chi connectivity index (χ1) is 44.7. The molecule has 10 heterocycles. The molecule has 24 heteroatoms. The molecule has 18 nitrogen and oxygen atoms in total. The SMILES string of the molecule is CCC1=C(C)c2cc3[n-]c(cc4nc(cc5[n-]c(cc1n2)c(C)c5CCCN)C(CCCN)=C4C)c(C)c3CC.CCC1=C(C)c2cc3[n-]c(cc4nc(cc5[n-]c(cc1n2)c(C)c5CCCOS(C)(=O)=O)C(CCCOS(C)(=O)=O)=C4C)c(C)c3CC.C[CH+]C.C[CH+]C.N.O.[Cl-].[Cl-].[Co+2].[Co+2]. The van der Waals surface area contributed by atoms with Crippen molar-refractivity contribution in [3.63, 3.8) is 0 Å². The van der Waals surface area contributed by atoms with Crippen molar-refractivity contribution >= 4 is 109 Å². The van der Waals surface area contributed by atoms with E-state index in [4.69, 9.17) is 59.7 Å². The number of allylic oxidation sites excluding steroid dienone is 8. The summed E-state index contributed by atoms with van der Waals surface area (Å²) in [6.45, 7) is 35.0. The molecule has 550 valence electrons.